The maximum Gasteiger partial charge on any atom is 0.136 e. The Morgan fingerprint density at radius 2 is 2.14 bits per heavy atom. The van der Waals surface area contributed by atoms with Crippen molar-refractivity contribution in [2.75, 3.05) is 7.11 Å². The minimum Gasteiger partial charge on any atom is -0.399 e. The van der Waals surface area contributed by atoms with Crippen molar-refractivity contribution in [1.29, 1.82) is 0 Å². The number of rotatable bonds is 6. The van der Waals surface area contributed by atoms with Gasteiger partial charge in [-0.05, 0) is 63.4 Å². The summed E-state index contributed by atoms with van der Waals surface area (Å²) in [5.41, 5.74) is 8.61. The Kier molecular flexibility index (Phi) is 6.49. The molecular weight excluding hydrogens is 470 g/mol. The van der Waals surface area contributed by atoms with E-state index in [4.69, 9.17) is 14.9 Å². The second-order valence-electron chi connectivity index (χ2n) is 8.61. The molecule has 36 heavy (non-hydrogen) atoms. The van der Waals surface area contributed by atoms with Crippen LogP contribution in [-0.4, -0.2) is 38.9 Å². The minimum atomic E-state index is 0.107. The van der Waals surface area contributed by atoms with Gasteiger partial charge in [0.15, 0.2) is 0 Å². The number of thiazole rings is 1. The van der Waals surface area contributed by atoms with Crippen molar-refractivity contribution in [3.63, 3.8) is 0 Å². The summed E-state index contributed by atoms with van der Waals surface area (Å²) in [6.45, 7) is 5.39. The number of oxime groups is 1. The third-order valence-corrected chi connectivity index (χ3v) is 7.06. The van der Waals surface area contributed by atoms with Crippen LogP contribution in [0.3, 0.4) is 0 Å². The fraction of sp³-hybridized carbons (Fsp3) is 0.250. The van der Waals surface area contributed by atoms with E-state index in [9.17, 15) is 4.79 Å². The summed E-state index contributed by atoms with van der Waals surface area (Å²) < 4.78 is 1.98. The molecule has 7 nitrogen and oxygen atoms in total. The van der Waals surface area contributed by atoms with Crippen LogP contribution < -0.4 is 0 Å². The minimum absolute atomic E-state index is 0.107. The molecule has 1 aliphatic carbocycles. The van der Waals surface area contributed by atoms with Gasteiger partial charge < -0.3 is 4.84 Å². The van der Waals surface area contributed by atoms with Crippen molar-refractivity contribution in [3.05, 3.63) is 69.6 Å². The number of Topliss-reactive ketones (excluding diaryl/α,β-unsaturated/α-hetero) is 1. The van der Waals surface area contributed by atoms with Crippen LogP contribution in [0.4, 0.5) is 0 Å². The molecule has 3 heterocycles. The maximum absolute atomic E-state index is 11.8. The average Bonchev–Trinajstić information content (AvgIpc) is 3.44. The van der Waals surface area contributed by atoms with Crippen LogP contribution in [-0.2, 0) is 28.9 Å². The summed E-state index contributed by atoms with van der Waals surface area (Å²) in [6, 6.07) is 10.0. The highest BCUT2D eigenvalue weighted by Gasteiger charge is 2.30. The van der Waals surface area contributed by atoms with Crippen LogP contribution in [0, 0.1) is 18.8 Å². The largest absolute Gasteiger partial charge is 0.399 e. The Labute approximate surface area is 213 Å². The second kappa shape index (κ2) is 9.88. The molecular formula is C28H25N5O2S. The van der Waals surface area contributed by atoms with Crippen LogP contribution in [0.5, 0.6) is 0 Å². The molecule has 4 aromatic rings. The highest BCUT2D eigenvalue weighted by Crippen LogP contribution is 2.43. The first-order valence-electron chi connectivity index (χ1n) is 11.7. The van der Waals surface area contributed by atoms with Crippen molar-refractivity contribution in [2.24, 2.45) is 5.16 Å². The van der Waals surface area contributed by atoms with Crippen LogP contribution in [0.1, 0.15) is 46.9 Å². The van der Waals surface area contributed by atoms with E-state index < -0.39 is 0 Å². The molecule has 0 amide bonds. The number of ketones is 1. The fourth-order valence-corrected chi connectivity index (χ4v) is 5.63. The molecule has 5 rings (SSSR count). The Bertz CT molecular complexity index is 1550. The zero-order chi connectivity index (χ0) is 25.2. The van der Waals surface area contributed by atoms with E-state index in [1.165, 1.54) is 7.11 Å². The van der Waals surface area contributed by atoms with E-state index in [1.807, 2.05) is 49.0 Å². The molecule has 0 spiro atoms. The molecule has 0 atom stereocenters. The third kappa shape index (κ3) is 4.45. The Morgan fingerprint density at radius 1 is 1.28 bits per heavy atom. The lowest BCUT2D eigenvalue weighted by Crippen LogP contribution is -2.07. The summed E-state index contributed by atoms with van der Waals surface area (Å²) in [5.74, 6) is 6.36. The maximum atomic E-state index is 11.8. The topological polar surface area (TPSA) is 82.3 Å². The van der Waals surface area contributed by atoms with Gasteiger partial charge in [0.05, 0.1) is 45.8 Å². The lowest BCUT2D eigenvalue weighted by atomic mass is 9.95. The van der Waals surface area contributed by atoms with Gasteiger partial charge in [-0.2, -0.15) is 5.10 Å². The predicted octanol–water partition coefficient (Wildman–Crippen LogP) is 4.95. The molecule has 0 N–H and O–H groups in total. The summed E-state index contributed by atoms with van der Waals surface area (Å²) >= 11 is 1.58. The summed E-state index contributed by atoms with van der Waals surface area (Å²) in [6.07, 6.45) is 5.49. The highest BCUT2D eigenvalue weighted by molar-refractivity contribution is 7.15. The van der Waals surface area contributed by atoms with Crippen LogP contribution >= 0.6 is 11.3 Å². The zero-order valence-corrected chi connectivity index (χ0v) is 21.4. The van der Waals surface area contributed by atoms with E-state index in [-0.39, 0.29) is 5.78 Å². The number of aryl methyl sites for hydroxylation is 2. The number of hydrogen-bond acceptors (Lipinski definition) is 7. The molecule has 1 aromatic carbocycles. The van der Waals surface area contributed by atoms with E-state index in [0.29, 0.717) is 6.42 Å². The number of nitrogens with zero attached hydrogens (tertiary/aromatic N) is 5. The highest BCUT2D eigenvalue weighted by atomic mass is 32.1. The first-order chi connectivity index (χ1) is 17.5. The lowest BCUT2D eigenvalue weighted by Gasteiger charge is -2.15. The number of fused-ring (bicyclic) bond motifs is 3. The van der Waals surface area contributed by atoms with E-state index >= 15 is 0 Å². The molecule has 0 radical (unpaired) electrons. The molecule has 8 heteroatoms. The molecule has 0 aliphatic heterocycles. The fourth-order valence-electron chi connectivity index (χ4n) is 4.39. The van der Waals surface area contributed by atoms with Gasteiger partial charge in [0.25, 0.3) is 0 Å². The van der Waals surface area contributed by atoms with Gasteiger partial charge in [-0.15, -0.1) is 17.3 Å². The average molecular weight is 496 g/mol. The van der Waals surface area contributed by atoms with E-state index in [0.717, 1.165) is 73.4 Å². The predicted molar refractivity (Wildman–Crippen MR) is 142 cm³/mol. The molecule has 0 saturated heterocycles. The third-order valence-electron chi connectivity index (χ3n) is 5.95. The number of hydrogen-bond donors (Lipinski definition) is 0. The molecule has 0 bridgehead atoms. The van der Waals surface area contributed by atoms with Gasteiger partial charge in [-0.1, -0.05) is 17.1 Å². The van der Waals surface area contributed by atoms with E-state index in [1.54, 1.807) is 24.5 Å². The van der Waals surface area contributed by atoms with Gasteiger partial charge in [-0.3, -0.25) is 9.78 Å². The first-order valence-corrected chi connectivity index (χ1v) is 12.5. The monoisotopic (exact) mass is 495 g/mol. The van der Waals surface area contributed by atoms with Crippen LogP contribution in [0.25, 0.3) is 27.5 Å². The summed E-state index contributed by atoms with van der Waals surface area (Å²) in [4.78, 5) is 27.0. The number of aromatic nitrogens is 4. The Balaban J connectivity index is 1.75. The molecule has 180 valence electrons. The van der Waals surface area contributed by atoms with Crippen molar-refractivity contribution in [1.82, 2.24) is 19.7 Å². The molecule has 3 aromatic heterocycles. The van der Waals surface area contributed by atoms with E-state index in [2.05, 4.69) is 28.0 Å². The first kappa shape index (κ1) is 23.6. The van der Waals surface area contributed by atoms with Gasteiger partial charge in [-0.25, -0.2) is 9.67 Å². The zero-order valence-electron chi connectivity index (χ0n) is 20.6. The quantitative estimate of drug-likeness (QED) is 0.215. The number of carbonyl (C=O) groups is 1. The SMILES string of the molecule is CC#Cc1cc(/C=N/OC)ccc1-n1nc(-c2ccc(C)nc2)c2c1-c1sc(CC(C)=O)nc1CC2. The van der Waals surface area contributed by atoms with Gasteiger partial charge in [0.2, 0.25) is 0 Å². The molecule has 1 aliphatic rings. The van der Waals surface area contributed by atoms with Crippen molar-refractivity contribution < 1.29 is 9.63 Å². The Hall–Kier alpha value is -4.09. The van der Waals surface area contributed by atoms with Crippen molar-refractivity contribution >= 4 is 23.3 Å². The van der Waals surface area contributed by atoms with Crippen LogP contribution in [0.15, 0.2) is 41.7 Å². The number of benzene rings is 1. The standard InChI is InChI=1S/C28H25N5O2S/c1-5-6-20-14-19(15-30-35-4)8-12-24(20)33-27-22(26(32-33)21-9-7-17(2)29-16-21)10-11-23-28(27)36-25(31-23)13-18(3)34/h7-9,12,14-16H,10-11,13H2,1-4H3/b30-15+. The molecule has 0 fully saturated rings. The van der Waals surface area contributed by atoms with Gasteiger partial charge in [0, 0.05) is 23.0 Å². The normalized spacial score (nSPS) is 12.1. The summed E-state index contributed by atoms with van der Waals surface area (Å²) in [7, 11) is 1.52. The van der Waals surface area contributed by atoms with Crippen molar-refractivity contribution in [2.45, 2.75) is 40.0 Å². The Morgan fingerprint density at radius 3 is 2.86 bits per heavy atom. The molecule has 0 saturated carbocycles. The van der Waals surface area contributed by atoms with Crippen LogP contribution in [0.2, 0.25) is 0 Å². The molecule has 0 unspecified atom stereocenters. The number of carbonyl (C=O) groups excluding carboxylic acids is 1. The van der Waals surface area contributed by atoms with Gasteiger partial charge >= 0.3 is 0 Å². The number of pyridine rings is 1. The smallest absolute Gasteiger partial charge is 0.136 e. The lowest BCUT2D eigenvalue weighted by molar-refractivity contribution is -0.116. The second-order valence-corrected chi connectivity index (χ2v) is 9.69. The summed E-state index contributed by atoms with van der Waals surface area (Å²) in [5, 5.41) is 9.85. The van der Waals surface area contributed by atoms with Gasteiger partial charge in [0.1, 0.15) is 17.9 Å². The van der Waals surface area contributed by atoms with Crippen molar-refractivity contribution in [3.8, 4) is 39.4 Å².